The van der Waals surface area contributed by atoms with Gasteiger partial charge in [-0.2, -0.15) is 0 Å². The average Bonchev–Trinajstić information content (AvgIpc) is 2.97. The van der Waals surface area contributed by atoms with Crippen molar-refractivity contribution in [3.8, 4) is 0 Å². The third-order valence-corrected chi connectivity index (χ3v) is 5.03. The van der Waals surface area contributed by atoms with Crippen LogP contribution in [0.15, 0.2) is 24.4 Å². The third kappa shape index (κ3) is 3.21. The molecule has 1 aliphatic carbocycles. The number of pyridine rings is 1. The molecule has 0 radical (unpaired) electrons. The maximum absolute atomic E-state index is 4.48. The molecule has 3 heteroatoms. The van der Waals surface area contributed by atoms with Crippen molar-refractivity contribution in [1.82, 2.24) is 15.6 Å². The smallest absolute Gasteiger partial charge is 0.0570 e. The first-order valence-electron chi connectivity index (χ1n) is 8.25. The summed E-state index contributed by atoms with van der Waals surface area (Å²) < 4.78 is 0. The van der Waals surface area contributed by atoms with Crippen LogP contribution in [-0.2, 0) is 0 Å². The molecule has 3 rings (SSSR count). The molecule has 4 unspecified atom stereocenters. The first kappa shape index (κ1) is 14.0. The summed E-state index contributed by atoms with van der Waals surface area (Å²) in [6.45, 7) is 3.45. The SMILES string of the molecule is CC(NC1CCCC1C1CCCCN1)c1ccccn1. The van der Waals surface area contributed by atoms with Crippen LogP contribution in [0.4, 0.5) is 0 Å². The maximum atomic E-state index is 4.48. The highest BCUT2D eigenvalue weighted by molar-refractivity contribution is 5.08. The zero-order valence-electron chi connectivity index (χ0n) is 12.5. The topological polar surface area (TPSA) is 37.0 Å². The summed E-state index contributed by atoms with van der Waals surface area (Å²) in [4.78, 5) is 4.48. The number of aromatic nitrogens is 1. The number of nitrogens with zero attached hydrogens (tertiary/aromatic N) is 1. The fourth-order valence-corrected chi connectivity index (χ4v) is 3.96. The second-order valence-electron chi connectivity index (χ2n) is 6.40. The Bertz CT molecular complexity index is 400. The summed E-state index contributed by atoms with van der Waals surface area (Å²) in [5.41, 5.74) is 1.16. The predicted octanol–water partition coefficient (Wildman–Crippen LogP) is 3.04. The van der Waals surface area contributed by atoms with Crippen LogP contribution in [-0.4, -0.2) is 23.6 Å². The normalized spacial score (nSPS) is 32.1. The van der Waals surface area contributed by atoms with E-state index in [0.29, 0.717) is 12.1 Å². The lowest BCUT2D eigenvalue weighted by molar-refractivity contribution is 0.248. The fourth-order valence-electron chi connectivity index (χ4n) is 3.96. The van der Waals surface area contributed by atoms with Crippen LogP contribution in [0.1, 0.15) is 57.2 Å². The Balaban J connectivity index is 1.61. The molecule has 2 N–H and O–H groups in total. The molecular formula is C17H27N3. The minimum Gasteiger partial charge on any atom is -0.314 e. The first-order valence-corrected chi connectivity index (χ1v) is 8.25. The van der Waals surface area contributed by atoms with Gasteiger partial charge in [0.2, 0.25) is 0 Å². The van der Waals surface area contributed by atoms with Crippen molar-refractivity contribution in [2.45, 2.75) is 63.6 Å². The van der Waals surface area contributed by atoms with E-state index in [4.69, 9.17) is 0 Å². The Kier molecular flexibility index (Phi) is 4.69. The minimum atomic E-state index is 0.352. The van der Waals surface area contributed by atoms with Crippen molar-refractivity contribution in [1.29, 1.82) is 0 Å². The molecule has 2 heterocycles. The Hall–Kier alpha value is -0.930. The molecule has 20 heavy (non-hydrogen) atoms. The summed E-state index contributed by atoms with van der Waals surface area (Å²) in [6.07, 6.45) is 10.1. The van der Waals surface area contributed by atoms with Gasteiger partial charge in [-0.25, -0.2) is 0 Å². The Labute approximate surface area is 122 Å². The van der Waals surface area contributed by atoms with Crippen molar-refractivity contribution in [2.24, 2.45) is 5.92 Å². The number of hydrogen-bond acceptors (Lipinski definition) is 3. The maximum Gasteiger partial charge on any atom is 0.0570 e. The number of hydrogen-bond donors (Lipinski definition) is 2. The Morgan fingerprint density at radius 1 is 1.20 bits per heavy atom. The van der Waals surface area contributed by atoms with Gasteiger partial charge < -0.3 is 10.6 Å². The van der Waals surface area contributed by atoms with Crippen molar-refractivity contribution in [3.05, 3.63) is 30.1 Å². The van der Waals surface area contributed by atoms with E-state index in [9.17, 15) is 0 Å². The van der Waals surface area contributed by atoms with Gasteiger partial charge in [0.25, 0.3) is 0 Å². The molecule has 2 aliphatic rings. The molecule has 0 amide bonds. The van der Waals surface area contributed by atoms with Gasteiger partial charge in [0.05, 0.1) is 5.69 Å². The van der Waals surface area contributed by atoms with Gasteiger partial charge in [-0.1, -0.05) is 18.9 Å². The molecule has 0 bridgehead atoms. The van der Waals surface area contributed by atoms with Gasteiger partial charge in [0, 0.05) is 24.3 Å². The Morgan fingerprint density at radius 2 is 2.15 bits per heavy atom. The van der Waals surface area contributed by atoms with Crippen molar-refractivity contribution in [2.75, 3.05) is 6.54 Å². The first-order chi connectivity index (χ1) is 9.84. The quantitative estimate of drug-likeness (QED) is 0.885. The zero-order valence-corrected chi connectivity index (χ0v) is 12.5. The minimum absolute atomic E-state index is 0.352. The lowest BCUT2D eigenvalue weighted by Gasteiger charge is -2.34. The Morgan fingerprint density at radius 3 is 2.90 bits per heavy atom. The molecule has 0 aromatic carbocycles. The van der Waals surface area contributed by atoms with Gasteiger partial charge >= 0.3 is 0 Å². The molecule has 1 aromatic rings. The molecule has 1 saturated carbocycles. The lowest BCUT2D eigenvalue weighted by atomic mass is 9.88. The van der Waals surface area contributed by atoms with Crippen molar-refractivity contribution in [3.63, 3.8) is 0 Å². The van der Waals surface area contributed by atoms with Crippen molar-refractivity contribution < 1.29 is 0 Å². The van der Waals surface area contributed by atoms with E-state index >= 15 is 0 Å². The van der Waals surface area contributed by atoms with Crippen LogP contribution in [0.2, 0.25) is 0 Å². The van der Waals surface area contributed by atoms with Gasteiger partial charge in [-0.15, -0.1) is 0 Å². The second-order valence-corrected chi connectivity index (χ2v) is 6.40. The molecule has 1 saturated heterocycles. The molecule has 1 aromatic heterocycles. The predicted molar refractivity (Wildman–Crippen MR) is 82.6 cm³/mol. The van der Waals surface area contributed by atoms with E-state index in [-0.39, 0.29) is 0 Å². The molecule has 0 spiro atoms. The van der Waals surface area contributed by atoms with Gasteiger partial charge in [0.1, 0.15) is 0 Å². The van der Waals surface area contributed by atoms with Crippen LogP contribution in [0, 0.1) is 5.92 Å². The van der Waals surface area contributed by atoms with Crippen LogP contribution < -0.4 is 10.6 Å². The van der Waals surface area contributed by atoms with Crippen LogP contribution in [0.5, 0.6) is 0 Å². The van der Waals surface area contributed by atoms with Gasteiger partial charge in [0.15, 0.2) is 0 Å². The van der Waals surface area contributed by atoms with E-state index < -0.39 is 0 Å². The third-order valence-electron chi connectivity index (χ3n) is 5.03. The summed E-state index contributed by atoms with van der Waals surface area (Å²) >= 11 is 0. The standard InChI is InChI=1S/C17H27N3/c1-13(15-8-2-4-11-18-15)20-17-10-6-7-14(17)16-9-3-5-12-19-16/h2,4,8,11,13-14,16-17,19-20H,3,5-7,9-10,12H2,1H3. The molecule has 3 nitrogen and oxygen atoms in total. The lowest BCUT2D eigenvalue weighted by Crippen LogP contribution is -2.47. The number of nitrogens with one attached hydrogen (secondary N) is 2. The molecule has 1 aliphatic heterocycles. The monoisotopic (exact) mass is 273 g/mol. The highest BCUT2D eigenvalue weighted by atomic mass is 15.0. The summed E-state index contributed by atoms with van der Waals surface area (Å²) in [5.74, 6) is 0.807. The van der Waals surface area contributed by atoms with E-state index in [1.165, 1.54) is 45.1 Å². The molecule has 4 atom stereocenters. The molecule has 110 valence electrons. The molecular weight excluding hydrogens is 246 g/mol. The van der Waals surface area contributed by atoms with Crippen molar-refractivity contribution >= 4 is 0 Å². The average molecular weight is 273 g/mol. The van der Waals surface area contributed by atoms with E-state index in [2.05, 4.69) is 34.7 Å². The second kappa shape index (κ2) is 6.68. The summed E-state index contributed by atoms with van der Waals surface area (Å²) in [5, 5.41) is 7.59. The summed E-state index contributed by atoms with van der Waals surface area (Å²) in [6, 6.07) is 7.93. The molecule has 2 fully saturated rings. The summed E-state index contributed by atoms with van der Waals surface area (Å²) in [7, 11) is 0. The zero-order chi connectivity index (χ0) is 13.8. The van der Waals surface area contributed by atoms with Gasteiger partial charge in [-0.3, -0.25) is 4.98 Å². The van der Waals surface area contributed by atoms with Crippen LogP contribution >= 0.6 is 0 Å². The van der Waals surface area contributed by atoms with Gasteiger partial charge in [-0.05, 0) is 57.2 Å². The number of rotatable bonds is 4. The highest BCUT2D eigenvalue weighted by Gasteiger charge is 2.34. The van der Waals surface area contributed by atoms with E-state index in [0.717, 1.165) is 17.7 Å². The van der Waals surface area contributed by atoms with Crippen LogP contribution in [0.3, 0.4) is 0 Å². The fraction of sp³-hybridized carbons (Fsp3) is 0.706. The largest absolute Gasteiger partial charge is 0.314 e. The van der Waals surface area contributed by atoms with E-state index in [1.54, 1.807) is 0 Å². The highest BCUT2D eigenvalue weighted by Crippen LogP contribution is 2.33. The number of piperidine rings is 1. The van der Waals surface area contributed by atoms with Crippen LogP contribution in [0.25, 0.3) is 0 Å². The van der Waals surface area contributed by atoms with E-state index in [1.807, 2.05) is 12.3 Å².